The smallest absolute Gasteiger partial charge is 0.203 e. The molecular weight excluding hydrogens is 312 g/mol. The molecule has 0 fully saturated rings. The number of halogens is 1. The summed E-state index contributed by atoms with van der Waals surface area (Å²) in [6, 6.07) is 7.42. The van der Waals surface area contributed by atoms with E-state index in [-0.39, 0.29) is 5.78 Å². The monoisotopic (exact) mass is 324 g/mol. The maximum atomic E-state index is 12.4. The lowest BCUT2D eigenvalue weighted by Gasteiger charge is -2.06. The van der Waals surface area contributed by atoms with Crippen molar-refractivity contribution in [1.29, 1.82) is 0 Å². The molecule has 18 heavy (non-hydrogen) atoms. The Morgan fingerprint density at radius 1 is 1.39 bits per heavy atom. The molecule has 0 bridgehead atoms. The average molecular weight is 325 g/mol. The lowest BCUT2D eigenvalue weighted by Crippen LogP contribution is -2.02. The van der Waals surface area contributed by atoms with Crippen LogP contribution in [-0.4, -0.2) is 12.9 Å². The van der Waals surface area contributed by atoms with Crippen LogP contribution in [0.25, 0.3) is 0 Å². The Balaban J connectivity index is 2.37. The van der Waals surface area contributed by atoms with Gasteiger partial charge in [0.15, 0.2) is 0 Å². The maximum absolute atomic E-state index is 12.4. The van der Waals surface area contributed by atoms with E-state index in [1.54, 1.807) is 25.3 Å². The molecule has 2 nitrogen and oxygen atoms in total. The lowest BCUT2D eigenvalue weighted by atomic mass is 10.1. The summed E-state index contributed by atoms with van der Waals surface area (Å²) in [6.07, 6.45) is 0.877. The third-order valence-corrected chi connectivity index (χ3v) is 4.32. The van der Waals surface area contributed by atoms with Gasteiger partial charge in [0.2, 0.25) is 5.78 Å². The van der Waals surface area contributed by atoms with Crippen molar-refractivity contribution < 1.29 is 9.53 Å². The van der Waals surface area contributed by atoms with Crippen molar-refractivity contribution >= 4 is 33.0 Å². The van der Waals surface area contributed by atoms with Gasteiger partial charge in [-0.2, -0.15) is 0 Å². The molecule has 1 heterocycles. The Hall–Kier alpha value is -1.13. The fourth-order valence-electron chi connectivity index (χ4n) is 1.75. The minimum atomic E-state index is 0.0743. The van der Waals surface area contributed by atoms with E-state index in [2.05, 4.69) is 22.9 Å². The molecule has 0 amide bonds. The number of hydrogen-bond acceptors (Lipinski definition) is 3. The second kappa shape index (κ2) is 5.67. The van der Waals surface area contributed by atoms with Crippen LogP contribution in [0.3, 0.4) is 0 Å². The van der Waals surface area contributed by atoms with Crippen LogP contribution >= 0.6 is 27.3 Å². The number of benzene rings is 1. The summed E-state index contributed by atoms with van der Waals surface area (Å²) in [4.78, 5) is 13.2. The van der Waals surface area contributed by atoms with Crippen LogP contribution in [0.1, 0.15) is 27.7 Å². The van der Waals surface area contributed by atoms with Crippen LogP contribution in [0, 0.1) is 0 Å². The Morgan fingerprint density at radius 2 is 2.17 bits per heavy atom. The van der Waals surface area contributed by atoms with Crippen molar-refractivity contribution in [3.8, 4) is 5.75 Å². The summed E-state index contributed by atoms with van der Waals surface area (Å²) >= 11 is 4.90. The van der Waals surface area contributed by atoms with E-state index in [1.807, 2.05) is 11.4 Å². The maximum Gasteiger partial charge on any atom is 0.203 e. The number of rotatable bonds is 4. The van der Waals surface area contributed by atoms with Crippen molar-refractivity contribution in [2.24, 2.45) is 0 Å². The summed E-state index contributed by atoms with van der Waals surface area (Å²) in [5, 5.41) is 1.96. The topological polar surface area (TPSA) is 26.3 Å². The van der Waals surface area contributed by atoms with Gasteiger partial charge in [-0.3, -0.25) is 4.79 Å². The highest BCUT2D eigenvalue weighted by molar-refractivity contribution is 9.10. The van der Waals surface area contributed by atoms with E-state index in [9.17, 15) is 4.79 Å². The first kappa shape index (κ1) is 13.3. The minimum Gasteiger partial charge on any atom is -0.496 e. The summed E-state index contributed by atoms with van der Waals surface area (Å²) in [6.45, 7) is 2.06. The molecule has 0 N–H and O–H groups in total. The third-order valence-electron chi connectivity index (χ3n) is 2.75. The molecular formula is C14H13BrO2S. The van der Waals surface area contributed by atoms with E-state index >= 15 is 0 Å². The zero-order valence-corrected chi connectivity index (χ0v) is 12.6. The summed E-state index contributed by atoms with van der Waals surface area (Å²) in [5.41, 5.74) is 1.79. The highest BCUT2D eigenvalue weighted by Gasteiger charge is 2.15. The molecule has 0 spiro atoms. The molecule has 0 aliphatic heterocycles. The molecule has 2 rings (SSSR count). The fourth-order valence-corrected chi connectivity index (χ4v) is 3.25. The molecule has 1 aromatic carbocycles. The molecule has 0 saturated carbocycles. The highest BCUT2D eigenvalue weighted by atomic mass is 79.9. The largest absolute Gasteiger partial charge is 0.496 e. The number of thiophene rings is 1. The number of methoxy groups -OCH3 is 1. The van der Waals surface area contributed by atoms with Crippen molar-refractivity contribution in [2.45, 2.75) is 13.3 Å². The van der Waals surface area contributed by atoms with Gasteiger partial charge < -0.3 is 4.74 Å². The zero-order chi connectivity index (χ0) is 13.1. The van der Waals surface area contributed by atoms with Crippen molar-refractivity contribution in [1.82, 2.24) is 0 Å². The van der Waals surface area contributed by atoms with E-state index < -0.39 is 0 Å². The minimum absolute atomic E-state index is 0.0743. The van der Waals surface area contributed by atoms with Gasteiger partial charge in [0.05, 0.1) is 16.5 Å². The standard InChI is InChI=1S/C14H13BrO2S/c1-3-9-6-7-18-14(9)13(16)10-4-5-12(17-2)11(15)8-10/h4-8H,3H2,1-2H3. The van der Waals surface area contributed by atoms with Crippen LogP contribution in [0.15, 0.2) is 34.1 Å². The van der Waals surface area contributed by atoms with Gasteiger partial charge in [0.1, 0.15) is 5.75 Å². The van der Waals surface area contributed by atoms with E-state index in [0.717, 1.165) is 27.1 Å². The number of ether oxygens (including phenoxy) is 1. The van der Waals surface area contributed by atoms with Gasteiger partial charge in [-0.1, -0.05) is 6.92 Å². The Morgan fingerprint density at radius 3 is 2.78 bits per heavy atom. The summed E-state index contributed by atoms with van der Waals surface area (Å²) < 4.78 is 5.96. The number of carbonyl (C=O) groups is 1. The van der Waals surface area contributed by atoms with Gasteiger partial charge in [0, 0.05) is 5.56 Å². The Bertz CT molecular complexity index is 575. The molecule has 2 aromatic rings. The van der Waals surface area contributed by atoms with Crippen LogP contribution < -0.4 is 4.74 Å². The molecule has 0 aliphatic carbocycles. The predicted octanol–water partition coefficient (Wildman–Crippen LogP) is 4.31. The van der Waals surface area contributed by atoms with Crippen LogP contribution in [-0.2, 0) is 6.42 Å². The van der Waals surface area contributed by atoms with Crippen LogP contribution in [0.4, 0.5) is 0 Å². The SMILES string of the molecule is CCc1ccsc1C(=O)c1ccc(OC)c(Br)c1. The predicted molar refractivity (Wildman–Crippen MR) is 77.8 cm³/mol. The van der Waals surface area contributed by atoms with Crippen molar-refractivity contribution in [3.05, 3.63) is 50.1 Å². The summed E-state index contributed by atoms with van der Waals surface area (Å²) in [7, 11) is 1.61. The second-order valence-electron chi connectivity index (χ2n) is 3.81. The van der Waals surface area contributed by atoms with E-state index in [0.29, 0.717) is 5.56 Å². The first-order valence-electron chi connectivity index (χ1n) is 5.62. The molecule has 1 aromatic heterocycles. The number of ketones is 1. The molecule has 0 aliphatic rings. The first-order chi connectivity index (χ1) is 8.67. The van der Waals surface area contributed by atoms with Gasteiger partial charge in [-0.25, -0.2) is 0 Å². The molecule has 0 radical (unpaired) electrons. The average Bonchev–Trinajstić information content (AvgIpc) is 2.86. The van der Waals surface area contributed by atoms with Gasteiger partial charge in [-0.15, -0.1) is 11.3 Å². The fraction of sp³-hybridized carbons (Fsp3) is 0.214. The zero-order valence-electron chi connectivity index (χ0n) is 10.2. The quantitative estimate of drug-likeness (QED) is 0.783. The van der Waals surface area contributed by atoms with Gasteiger partial charge >= 0.3 is 0 Å². The Kier molecular flexibility index (Phi) is 4.19. The van der Waals surface area contributed by atoms with Gasteiger partial charge in [0.25, 0.3) is 0 Å². The van der Waals surface area contributed by atoms with Crippen molar-refractivity contribution in [3.63, 3.8) is 0 Å². The first-order valence-corrected chi connectivity index (χ1v) is 7.29. The summed E-state index contributed by atoms with van der Waals surface area (Å²) in [5.74, 6) is 0.804. The number of aryl methyl sites for hydroxylation is 1. The van der Waals surface area contributed by atoms with E-state index in [4.69, 9.17) is 4.74 Å². The molecule has 4 heteroatoms. The molecule has 94 valence electrons. The third kappa shape index (κ3) is 2.49. The molecule has 0 saturated heterocycles. The van der Waals surface area contributed by atoms with Gasteiger partial charge in [-0.05, 0) is 57.6 Å². The molecule has 0 unspecified atom stereocenters. The van der Waals surface area contributed by atoms with E-state index in [1.165, 1.54) is 11.3 Å². The highest BCUT2D eigenvalue weighted by Crippen LogP contribution is 2.28. The number of hydrogen-bond donors (Lipinski definition) is 0. The van der Waals surface area contributed by atoms with Crippen LogP contribution in [0.5, 0.6) is 5.75 Å². The van der Waals surface area contributed by atoms with Crippen molar-refractivity contribution in [2.75, 3.05) is 7.11 Å². The second-order valence-corrected chi connectivity index (χ2v) is 5.58. The Labute approximate surface area is 119 Å². The normalized spacial score (nSPS) is 10.4. The lowest BCUT2D eigenvalue weighted by molar-refractivity contribution is 0.104. The van der Waals surface area contributed by atoms with Crippen LogP contribution in [0.2, 0.25) is 0 Å². The molecule has 0 atom stereocenters. The number of carbonyl (C=O) groups excluding carboxylic acids is 1.